The maximum Gasteiger partial charge on any atom is 0.260 e. The number of rotatable bonds is 15. The van der Waals surface area contributed by atoms with Crippen molar-refractivity contribution in [2.24, 2.45) is 7.05 Å². The Morgan fingerprint density at radius 2 is 1.79 bits per heavy atom. The molecule has 0 unspecified atom stereocenters. The smallest absolute Gasteiger partial charge is 0.260 e. The average Bonchev–Trinajstić information content (AvgIpc) is 3.22. The number of carbonyl (C=O) groups is 2. The van der Waals surface area contributed by atoms with E-state index in [0.29, 0.717) is 56.6 Å². The van der Waals surface area contributed by atoms with Gasteiger partial charge in [-0.05, 0) is 49.7 Å². The van der Waals surface area contributed by atoms with Crippen LogP contribution in [0.3, 0.4) is 0 Å². The van der Waals surface area contributed by atoms with Gasteiger partial charge in [0.1, 0.15) is 5.75 Å². The molecule has 9 heteroatoms. The summed E-state index contributed by atoms with van der Waals surface area (Å²) in [7, 11) is 3.54. The van der Waals surface area contributed by atoms with Gasteiger partial charge in [0.05, 0.1) is 19.7 Å². The molecule has 2 rings (SSSR count). The summed E-state index contributed by atoms with van der Waals surface area (Å²) < 4.78 is 18.2. The van der Waals surface area contributed by atoms with Crippen LogP contribution in [0.15, 0.2) is 42.6 Å². The van der Waals surface area contributed by atoms with E-state index in [4.69, 9.17) is 25.8 Å². The van der Waals surface area contributed by atoms with Crippen LogP contribution in [-0.2, 0) is 32.7 Å². The van der Waals surface area contributed by atoms with Crippen molar-refractivity contribution in [1.82, 2.24) is 14.4 Å². The molecule has 2 aromatic rings. The highest BCUT2D eigenvalue weighted by molar-refractivity contribution is 6.30. The molecule has 0 spiro atoms. The van der Waals surface area contributed by atoms with E-state index in [1.165, 1.54) is 4.90 Å². The fraction of sp³-hybridized carbons (Fsp3) is 0.500. The molecule has 0 aliphatic heterocycles. The van der Waals surface area contributed by atoms with E-state index in [-0.39, 0.29) is 25.0 Å². The minimum absolute atomic E-state index is 0.0386. The number of hydrogen-bond acceptors (Lipinski definition) is 5. The second kappa shape index (κ2) is 14.6. The minimum Gasteiger partial charge on any atom is -0.484 e. The summed E-state index contributed by atoms with van der Waals surface area (Å²) in [6, 6.07) is 10.7. The molecule has 1 heterocycles. The first-order chi connectivity index (χ1) is 15.9. The van der Waals surface area contributed by atoms with Crippen LogP contribution < -0.4 is 4.74 Å². The topological polar surface area (TPSA) is 73.2 Å². The zero-order valence-corrected chi connectivity index (χ0v) is 20.4. The molecule has 2 amide bonds. The van der Waals surface area contributed by atoms with E-state index in [0.717, 1.165) is 5.69 Å². The van der Waals surface area contributed by atoms with Gasteiger partial charge in [-0.3, -0.25) is 9.59 Å². The van der Waals surface area contributed by atoms with Crippen molar-refractivity contribution < 1.29 is 23.8 Å². The van der Waals surface area contributed by atoms with Crippen molar-refractivity contribution >= 4 is 23.4 Å². The Morgan fingerprint density at radius 1 is 1.03 bits per heavy atom. The highest BCUT2D eigenvalue weighted by Crippen LogP contribution is 2.15. The standard InChI is InChI=1S/C24H34ClN3O5/c1-4-32-15-6-13-27(24(30)19-33-22-10-8-20(25)9-11-22)18-23(29)28(14-16-31-3)17-21-7-5-12-26(21)2/h5,7-12H,4,6,13-19H2,1-3H3. The zero-order chi connectivity index (χ0) is 24.1. The summed E-state index contributed by atoms with van der Waals surface area (Å²) in [5.74, 6) is 0.128. The SMILES string of the molecule is CCOCCCN(CC(=O)N(CCOC)Cc1cccn1C)C(=O)COc1ccc(Cl)cc1. The van der Waals surface area contributed by atoms with Gasteiger partial charge >= 0.3 is 0 Å². The van der Waals surface area contributed by atoms with Crippen molar-refractivity contribution in [1.29, 1.82) is 0 Å². The molecule has 182 valence electrons. The first-order valence-electron chi connectivity index (χ1n) is 11.0. The van der Waals surface area contributed by atoms with Gasteiger partial charge in [-0.1, -0.05) is 11.6 Å². The molecule has 1 aromatic carbocycles. The van der Waals surface area contributed by atoms with Gasteiger partial charge in [0, 0.05) is 57.4 Å². The number of benzene rings is 1. The van der Waals surface area contributed by atoms with Gasteiger partial charge in [0.2, 0.25) is 5.91 Å². The number of nitrogens with zero attached hydrogens (tertiary/aromatic N) is 3. The predicted molar refractivity (Wildman–Crippen MR) is 127 cm³/mol. The molecule has 0 atom stereocenters. The summed E-state index contributed by atoms with van der Waals surface area (Å²) in [5.41, 5.74) is 1.000. The Balaban J connectivity index is 2.04. The lowest BCUT2D eigenvalue weighted by molar-refractivity contribution is -0.142. The third-order valence-electron chi connectivity index (χ3n) is 5.10. The Labute approximate surface area is 201 Å². The summed E-state index contributed by atoms with van der Waals surface area (Å²) >= 11 is 5.90. The maximum absolute atomic E-state index is 13.2. The van der Waals surface area contributed by atoms with E-state index >= 15 is 0 Å². The number of ether oxygens (including phenoxy) is 3. The fourth-order valence-electron chi connectivity index (χ4n) is 3.17. The molecule has 0 bridgehead atoms. The van der Waals surface area contributed by atoms with E-state index in [1.807, 2.05) is 36.9 Å². The molecule has 33 heavy (non-hydrogen) atoms. The molecular formula is C24H34ClN3O5. The van der Waals surface area contributed by atoms with Crippen LogP contribution in [0, 0.1) is 0 Å². The lowest BCUT2D eigenvalue weighted by Crippen LogP contribution is -2.45. The molecule has 0 saturated heterocycles. The van der Waals surface area contributed by atoms with Gasteiger partial charge in [-0.15, -0.1) is 0 Å². The zero-order valence-electron chi connectivity index (χ0n) is 19.7. The molecule has 0 saturated carbocycles. The summed E-state index contributed by atoms with van der Waals surface area (Å²) in [4.78, 5) is 29.3. The number of methoxy groups -OCH3 is 1. The fourth-order valence-corrected chi connectivity index (χ4v) is 3.30. The van der Waals surface area contributed by atoms with Crippen molar-refractivity contribution in [3.63, 3.8) is 0 Å². The van der Waals surface area contributed by atoms with E-state index in [1.54, 1.807) is 36.3 Å². The van der Waals surface area contributed by atoms with Gasteiger partial charge < -0.3 is 28.6 Å². The Bertz CT molecular complexity index is 856. The second-order valence-corrected chi connectivity index (χ2v) is 7.96. The second-order valence-electron chi connectivity index (χ2n) is 7.53. The van der Waals surface area contributed by atoms with E-state index in [9.17, 15) is 9.59 Å². The monoisotopic (exact) mass is 479 g/mol. The molecule has 1 aromatic heterocycles. The first kappa shape index (κ1) is 26.7. The van der Waals surface area contributed by atoms with E-state index < -0.39 is 0 Å². The third kappa shape index (κ3) is 9.45. The molecule has 0 fully saturated rings. The number of hydrogen-bond donors (Lipinski definition) is 0. The molecule has 0 aliphatic rings. The van der Waals surface area contributed by atoms with Crippen LogP contribution in [0.25, 0.3) is 0 Å². The molecule has 0 aliphatic carbocycles. The normalized spacial score (nSPS) is 10.8. The minimum atomic E-state index is -0.264. The highest BCUT2D eigenvalue weighted by Gasteiger charge is 2.22. The van der Waals surface area contributed by atoms with Crippen molar-refractivity contribution in [3.05, 3.63) is 53.3 Å². The summed E-state index contributed by atoms with van der Waals surface area (Å²) in [5, 5.41) is 0.589. The van der Waals surface area contributed by atoms with Crippen LogP contribution in [0.2, 0.25) is 5.02 Å². The number of aromatic nitrogens is 1. The quantitative estimate of drug-likeness (QED) is 0.367. The van der Waals surface area contributed by atoms with Crippen LogP contribution in [0.5, 0.6) is 5.75 Å². The molecular weight excluding hydrogens is 446 g/mol. The van der Waals surface area contributed by atoms with Crippen LogP contribution in [-0.4, -0.2) is 79.4 Å². The number of carbonyl (C=O) groups excluding carboxylic acids is 2. The molecule has 8 nitrogen and oxygen atoms in total. The molecule has 0 radical (unpaired) electrons. The van der Waals surface area contributed by atoms with Gasteiger partial charge in [0.25, 0.3) is 5.91 Å². The largest absolute Gasteiger partial charge is 0.484 e. The summed E-state index contributed by atoms with van der Waals surface area (Å²) in [6.45, 7) is 4.52. The van der Waals surface area contributed by atoms with E-state index in [2.05, 4.69) is 0 Å². The Kier molecular flexibility index (Phi) is 11.8. The van der Waals surface area contributed by atoms with Gasteiger partial charge in [0.15, 0.2) is 6.61 Å². The maximum atomic E-state index is 13.2. The number of aryl methyl sites for hydroxylation is 1. The van der Waals surface area contributed by atoms with Gasteiger partial charge in [-0.25, -0.2) is 0 Å². The number of halogens is 1. The van der Waals surface area contributed by atoms with Crippen molar-refractivity contribution in [3.8, 4) is 5.75 Å². The lowest BCUT2D eigenvalue weighted by atomic mass is 10.3. The van der Waals surface area contributed by atoms with Crippen molar-refractivity contribution in [2.45, 2.75) is 19.9 Å². The third-order valence-corrected chi connectivity index (χ3v) is 5.35. The van der Waals surface area contributed by atoms with Crippen molar-refractivity contribution in [2.75, 3.05) is 53.2 Å². The predicted octanol–water partition coefficient (Wildman–Crippen LogP) is 2.99. The lowest BCUT2D eigenvalue weighted by Gasteiger charge is -2.28. The van der Waals surface area contributed by atoms with Crippen LogP contribution >= 0.6 is 11.6 Å². The number of amides is 2. The average molecular weight is 480 g/mol. The Morgan fingerprint density at radius 3 is 2.42 bits per heavy atom. The van der Waals surface area contributed by atoms with Crippen LogP contribution in [0.4, 0.5) is 0 Å². The highest BCUT2D eigenvalue weighted by atomic mass is 35.5. The first-order valence-corrected chi connectivity index (χ1v) is 11.4. The molecule has 0 N–H and O–H groups in total. The van der Waals surface area contributed by atoms with Crippen LogP contribution in [0.1, 0.15) is 19.0 Å². The van der Waals surface area contributed by atoms with Gasteiger partial charge in [-0.2, -0.15) is 0 Å². The summed E-state index contributed by atoms with van der Waals surface area (Å²) in [6.07, 6.45) is 2.57. The Hall–Kier alpha value is -2.55.